The molecule has 0 spiro atoms. The SMILES string of the molecule is Cc1cccc(N)c1-c1nnnn1-c1cc(Cl)cc(Cl)c1. The molecule has 0 amide bonds. The minimum absolute atomic E-state index is 0.511. The molecule has 2 N–H and O–H groups in total. The maximum Gasteiger partial charge on any atom is 0.189 e. The number of nitrogens with two attached hydrogens (primary N) is 1. The highest BCUT2D eigenvalue weighted by Crippen LogP contribution is 2.30. The summed E-state index contributed by atoms with van der Waals surface area (Å²) in [6.07, 6.45) is 0. The van der Waals surface area contributed by atoms with Gasteiger partial charge in [-0.2, -0.15) is 4.68 Å². The fourth-order valence-electron chi connectivity index (χ4n) is 2.17. The van der Waals surface area contributed by atoms with Crippen LogP contribution >= 0.6 is 23.2 Å². The van der Waals surface area contributed by atoms with Crippen molar-refractivity contribution in [3.05, 3.63) is 52.0 Å². The maximum atomic E-state index is 6.06. The molecule has 0 radical (unpaired) electrons. The van der Waals surface area contributed by atoms with Crippen molar-refractivity contribution in [3.63, 3.8) is 0 Å². The van der Waals surface area contributed by atoms with E-state index in [1.54, 1.807) is 22.9 Å². The molecule has 2 aromatic carbocycles. The second-order valence-electron chi connectivity index (χ2n) is 4.58. The number of aromatic nitrogens is 4. The Morgan fingerprint density at radius 1 is 1.10 bits per heavy atom. The van der Waals surface area contributed by atoms with Crippen molar-refractivity contribution in [2.75, 3.05) is 5.73 Å². The zero-order valence-corrected chi connectivity index (χ0v) is 12.6. The molecule has 1 heterocycles. The molecule has 0 aliphatic heterocycles. The highest BCUT2D eigenvalue weighted by molar-refractivity contribution is 6.34. The largest absolute Gasteiger partial charge is 0.398 e. The zero-order valence-electron chi connectivity index (χ0n) is 11.1. The summed E-state index contributed by atoms with van der Waals surface area (Å²) < 4.78 is 1.57. The first-order valence-electron chi connectivity index (χ1n) is 6.16. The Labute approximate surface area is 131 Å². The molecule has 0 bridgehead atoms. The Bertz CT molecular complexity index is 772. The molecule has 7 heteroatoms. The number of benzene rings is 2. The molecule has 106 valence electrons. The van der Waals surface area contributed by atoms with E-state index in [1.807, 2.05) is 25.1 Å². The first-order valence-corrected chi connectivity index (χ1v) is 6.92. The zero-order chi connectivity index (χ0) is 15.0. The number of nitrogens with zero attached hydrogens (tertiary/aromatic N) is 4. The highest BCUT2D eigenvalue weighted by Gasteiger charge is 2.16. The number of rotatable bonds is 2. The molecule has 0 aliphatic carbocycles. The second kappa shape index (κ2) is 5.35. The van der Waals surface area contributed by atoms with E-state index in [0.29, 0.717) is 27.2 Å². The van der Waals surface area contributed by atoms with E-state index >= 15 is 0 Å². The predicted molar refractivity (Wildman–Crippen MR) is 83.8 cm³/mol. The van der Waals surface area contributed by atoms with Gasteiger partial charge in [0.1, 0.15) is 0 Å². The third-order valence-electron chi connectivity index (χ3n) is 3.09. The van der Waals surface area contributed by atoms with Crippen molar-refractivity contribution in [1.82, 2.24) is 20.2 Å². The van der Waals surface area contributed by atoms with Gasteiger partial charge in [-0.15, -0.1) is 5.10 Å². The molecule has 3 rings (SSSR count). The third kappa shape index (κ3) is 2.57. The highest BCUT2D eigenvalue weighted by atomic mass is 35.5. The monoisotopic (exact) mass is 319 g/mol. The van der Waals surface area contributed by atoms with Crippen molar-refractivity contribution in [3.8, 4) is 17.1 Å². The molecule has 0 fully saturated rings. The van der Waals surface area contributed by atoms with Crippen LogP contribution in [-0.2, 0) is 0 Å². The van der Waals surface area contributed by atoms with Crippen LogP contribution in [-0.4, -0.2) is 20.2 Å². The lowest BCUT2D eigenvalue weighted by atomic mass is 10.1. The standard InChI is InChI=1S/C14H11Cl2N5/c1-8-3-2-4-12(17)13(8)14-18-19-20-21(14)11-6-9(15)5-10(16)7-11/h2-7H,17H2,1H3. The summed E-state index contributed by atoms with van der Waals surface area (Å²) in [5.74, 6) is 0.545. The van der Waals surface area contributed by atoms with Gasteiger partial charge in [-0.3, -0.25) is 0 Å². The van der Waals surface area contributed by atoms with Gasteiger partial charge in [-0.05, 0) is 47.2 Å². The lowest BCUT2D eigenvalue weighted by Gasteiger charge is -2.10. The minimum Gasteiger partial charge on any atom is -0.398 e. The van der Waals surface area contributed by atoms with Gasteiger partial charge in [-0.1, -0.05) is 35.3 Å². The van der Waals surface area contributed by atoms with Crippen molar-refractivity contribution >= 4 is 28.9 Å². The van der Waals surface area contributed by atoms with E-state index in [0.717, 1.165) is 11.1 Å². The van der Waals surface area contributed by atoms with Gasteiger partial charge < -0.3 is 5.73 Å². The van der Waals surface area contributed by atoms with E-state index in [1.165, 1.54) is 0 Å². The van der Waals surface area contributed by atoms with Gasteiger partial charge in [0.2, 0.25) is 0 Å². The first kappa shape index (κ1) is 13.9. The molecule has 0 atom stereocenters. The number of nitrogen functional groups attached to an aromatic ring is 1. The molecule has 1 aromatic heterocycles. The average molecular weight is 320 g/mol. The molecule has 5 nitrogen and oxygen atoms in total. The predicted octanol–water partition coefficient (Wildman–Crippen LogP) is 3.53. The van der Waals surface area contributed by atoms with Crippen LogP contribution in [0.15, 0.2) is 36.4 Å². The fraction of sp³-hybridized carbons (Fsp3) is 0.0714. The maximum absolute atomic E-state index is 6.06. The van der Waals surface area contributed by atoms with Gasteiger partial charge >= 0.3 is 0 Å². The lowest BCUT2D eigenvalue weighted by molar-refractivity contribution is 0.791. The normalized spacial score (nSPS) is 10.8. The average Bonchev–Trinajstić information content (AvgIpc) is 2.86. The van der Waals surface area contributed by atoms with Crippen molar-refractivity contribution < 1.29 is 0 Å². The summed E-state index contributed by atoms with van der Waals surface area (Å²) in [5.41, 5.74) is 9.12. The molecule has 21 heavy (non-hydrogen) atoms. The summed E-state index contributed by atoms with van der Waals surface area (Å²) in [5, 5.41) is 12.8. The first-order chi connectivity index (χ1) is 10.1. The van der Waals surface area contributed by atoms with Crippen LogP contribution in [0.2, 0.25) is 10.0 Å². The number of hydrogen-bond donors (Lipinski definition) is 1. The number of anilines is 1. The van der Waals surface area contributed by atoms with Gasteiger partial charge in [0.25, 0.3) is 0 Å². The Kier molecular flexibility index (Phi) is 3.53. The quantitative estimate of drug-likeness (QED) is 0.733. The summed E-state index contributed by atoms with van der Waals surface area (Å²) >= 11 is 12.1. The van der Waals surface area contributed by atoms with Crippen LogP contribution in [0.5, 0.6) is 0 Å². The fourth-order valence-corrected chi connectivity index (χ4v) is 2.69. The van der Waals surface area contributed by atoms with Crippen LogP contribution in [0, 0.1) is 6.92 Å². The Hall–Kier alpha value is -2.11. The lowest BCUT2D eigenvalue weighted by Crippen LogP contribution is -2.03. The van der Waals surface area contributed by atoms with E-state index in [2.05, 4.69) is 15.5 Å². The van der Waals surface area contributed by atoms with Gasteiger partial charge in [0, 0.05) is 21.3 Å². The molecule has 0 saturated heterocycles. The van der Waals surface area contributed by atoms with Crippen LogP contribution in [0.1, 0.15) is 5.56 Å². The number of tetrazole rings is 1. The van der Waals surface area contributed by atoms with E-state index < -0.39 is 0 Å². The van der Waals surface area contributed by atoms with E-state index in [-0.39, 0.29) is 0 Å². The topological polar surface area (TPSA) is 69.6 Å². The van der Waals surface area contributed by atoms with Crippen LogP contribution in [0.25, 0.3) is 17.1 Å². The Morgan fingerprint density at radius 2 is 1.81 bits per heavy atom. The minimum atomic E-state index is 0.511. The number of hydrogen-bond acceptors (Lipinski definition) is 4. The molecule has 0 unspecified atom stereocenters. The third-order valence-corrected chi connectivity index (χ3v) is 3.53. The molecular weight excluding hydrogens is 309 g/mol. The van der Waals surface area contributed by atoms with Crippen LogP contribution in [0.3, 0.4) is 0 Å². The number of halogens is 2. The van der Waals surface area contributed by atoms with Crippen molar-refractivity contribution in [1.29, 1.82) is 0 Å². The van der Waals surface area contributed by atoms with Gasteiger partial charge in [-0.25, -0.2) is 0 Å². The van der Waals surface area contributed by atoms with Gasteiger partial charge in [0.05, 0.1) is 5.69 Å². The molecule has 0 aliphatic rings. The molecular formula is C14H11Cl2N5. The molecule has 3 aromatic rings. The summed E-state index contributed by atoms with van der Waals surface area (Å²) in [6, 6.07) is 10.8. The van der Waals surface area contributed by atoms with E-state index in [4.69, 9.17) is 28.9 Å². The second-order valence-corrected chi connectivity index (χ2v) is 5.45. The van der Waals surface area contributed by atoms with Crippen LogP contribution in [0.4, 0.5) is 5.69 Å². The Balaban J connectivity index is 2.22. The van der Waals surface area contributed by atoms with Crippen molar-refractivity contribution in [2.24, 2.45) is 0 Å². The van der Waals surface area contributed by atoms with Crippen molar-refractivity contribution in [2.45, 2.75) is 6.92 Å². The molecule has 0 saturated carbocycles. The smallest absolute Gasteiger partial charge is 0.189 e. The number of aryl methyl sites for hydroxylation is 1. The van der Waals surface area contributed by atoms with Gasteiger partial charge in [0.15, 0.2) is 5.82 Å². The summed E-state index contributed by atoms with van der Waals surface area (Å²) in [4.78, 5) is 0. The van der Waals surface area contributed by atoms with E-state index in [9.17, 15) is 0 Å². The Morgan fingerprint density at radius 3 is 2.48 bits per heavy atom. The van der Waals surface area contributed by atoms with Crippen LogP contribution < -0.4 is 5.73 Å². The summed E-state index contributed by atoms with van der Waals surface area (Å²) in [7, 11) is 0. The summed E-state index contributed by atoms with van der Waals surface area (Å²) in [6.45, 7) is 1.95.